The monoisotopic (exact) mass is 272 g/mol. The third-order valence-corrected chi connectivity index (χ3v) is 3.56. The lowest BCUT2D eigenvalue weighted by molar-refractivity contribution is -0.0808. The van der Waals surface area contributed by atoms with Crippen molar-refractivity contribution < 1.29 is 13.9 Å². The van der Waals surface area contributed by atoms with Crippen molar-refractivity contribution in [2.75, 3.05) is 6.61 Å². The summed E-state index contributed by atoms with van der Waals surface area (Å²) in [5.41, 5.74) is 0.584. The predicted octanol–water partition coefficient (Wildman–Crippen LogP) is 3.69. The maximum atomic E-state index is 13.8. The molecule has 0 heterocycles. The summed E-state index contributed by atoms with van der Waals surface area (Å²) < 4.78 is 25.1. The van der Waals surface area contributed by atoms with Gasteiger partial charge in [0.25, 0.3) is 0 Å². The van der Waals surface area contributed by atoms with E-state index in [0.717, 1.165) is 6.42 Å². The standard InChI is InChI=1S/C14H18ClFO2/c1-3-7-17-14-10(15)8-12(14)18-11-6-4-5-9(2)13(11)16/h4-6,10,12,14H,3,7-8H2,1-2H3. The molecule has 1 aliphatic carbocycles. The third-order valence-electron chi connectivity index (χ3n) is 3.13. The van der Waals surface area contributed by atoms with Gasteiger partial charge in [-0.05, 0) is 25.0 Å². The first-order valence-electron chi connectivity index (χ1n) is 6.31. The molecule has 4 heteroatoms. The average molecular weight is 273 g/mol. The van der Waals surface area contributed by atoms with Gasteiger partial charge in [-0.15, -0.1) is 11.6 Å². The van der Waals surface area contributed by atoms with Gasteiger partial charge in [0.15, 0.2) is 11.6 Å². The molecule has 0 bridgehead atoms. The molecule has 1 saturated carbocycles. The van der Waals surface area contributed by atoms with Gasteiger partial charge in [-0.1, -0.05) is 19.1 Å². The second-order valence-corrected chi connectivity index (χ2v) is 5.19. The van der Waals surface area contributed by atoms with Gasteiger partial charge in [0, 0.05) is 13.0 Å². The molecule has 2 rings (SSSR count). The van der Waals surface area contributed by atoms with Crippen molar-refractivity contribution in [1.29, 1.82) is 0 Å². The molecule has 18 heavy (non-hydrogen) atoms. The van der Waals surface area contributed by atoms with E-state index in [9.17, 15) is 4.39 Å². The topological polar surface area (TPSA) is 18.5 Å². The number of benzene rings is 1. The van der Waals surface area contributed by atoms with E-state index in [0.29, 0.717) is 18.6 Å². The molecule has 0 radical (unpaired) electrons. The molecule has 1 fully saturated rings. The van der Waals surface area contributed by atoms with Gasteiger partial charge in [0.05, 0.1) is 5.38 Å². The van der Waals surface area contributed by atoms with Crippen LogP contribution in [0.5, 0.6) is 5.75 Å². The van der Waals surface area contributed by atoms with Crippen molar-refractivity contribution in [2.45, 2.75) is 44.3 Å². The van der Waals surface area contributed by atoms with Gasteiger partial charge in [0.1, 0.15) is 12.2 Å². The summed E-state index contributed by atoms with van der Waals surface area (Å²) in [6, 6.07) is 5.14. The molecule has 0 spiro atoms. The maximum absolute atomic E-state index is 13.8. The number of halogens is 2. The van der Waals surface area contributed by atoms with Crippen LogP contribution in [0.4, 0.5) is 4.39 Å². The summed E-state index contributed by atoms with van der Waals surface area (Å²) >= 11 is 6.08. The molecule has 0 amide bonds. The van der Waals surface area contributed by atoms with E-state index >= 15 is 0 Å². The summed E-state index contributed by atoms with van der Waals surface area (Å²) in [5.74, 6) is -0.0153. The Hall–Kier alpha value is -0.800. The van der Waals surface area contributed by atoms with Crippen molar-refractivity contribution >= 4 is 11.6 Å². The summed E-state index contributed by atoms with van der Waals surface area (Å²) in [6.07, 6.45) is 1.36. The van der Waals surface area contributed by atoms with E-state index in [1.54, 1.807) is 25.1 Å². The Morgan fingerprint density at radius 2 is 2.22 bits per heavy atom. The lowest BCUT2D eigenvalue weighted by atomic mass is 9.91. The lowest BCUT2D eigenvalue weighted by Crippen LogP contribution is -2.52. The molecule has 2 nitrogen and oxygen atoms in total. The molecule has 100 valence electrons. The summed E-state index contributed by atoms with van der Waals surface area (Å²) in [5, 5.41) is -0.0329. The van der Waals surface area contributed by atoms with E-state index in [-0.39, 0.29) is 29.2 Å². The minimum Gasteiger partial charge on any atom is -0.485 e. The van der Waals surface area contributed by atoms with Gasteiger partial charge >= 0.3 is 0 Å². The first kappa shape index (κ1) is 13.6. The fourth-order valence-electron chi connectivity index (χ4n) is 1.98. The number of rotatable bonds is 5. The zero-order valence-electron chi connectivity index (χ0n) is 10.7. The van der Waals surface area contributed by atoms with Crippen LogP contribution in [0.1, 0.15) is 25.3 Å². The molecule has 0 aliphatic heterocycles. The van der Waals surface area contributed by atoms with Crippen molar-refractivity contribution in [3.05, 3.63) is 29.6 Å². The van der Waals surface area contributed by atoms with Gasteiger partial charge in [-0.25, -0.2) is 4.39 Å². The Bertz CT molecular complexity index is 411. The lowest BCUT2D eigenvalue weighted by Gasteiger charge is -2.40. The molecule has 1 aromatic carbocycles. The minimum absolute atomic E-state index is 0.0329. The highest BCUT2D eigenvalue weighted by atomic mass is 35.5. The highest BCUT2D eigenvalue weighted by Crippen LogP contribution is 2.34. The van der Waals surface area contributed by atoms with Crippen LogP contribution >= 0.6 is 11.6 Å². The van der Waals surface area contributed by atoms with Crippen LogP contribution < -0.4 is 4.74 Å². The Balaban J connectivity index is 1.99. The Kier molecular flexibility index (Phi) is 4.46. The van der Waals surface area contributed by atoms with Crippen LogP contribution in [-0.4, -0.2) is 24.2 Å². The van der Waals surface area contributed by atoms with Crippen molar-refractivity contribution in [2.24, 2.45) is 0 Å². The van der Waals surface area contributed by atoms with E-state index < -0.39 is 0 Å². The van der Waals surface area contributed by atoms with Crippen molar-refractivity contribution in [1.82, 2.24) is 0 Å². The normalized spacial score (nSPS) is 26.8. The predicted molar refractivity (Wildman–Crippen MR) is 69.8 cm³/mol. The second-order valence-electron chi connectivity index (χ2n) is 4.63. The summed E-state index contributed by atoms with van der Waals surface area (Å²) in [4.78, 5) is 0. The molecular formula is C14H18ClFO2. The van der Waals surface area contributed by atoms with Crippen molar-refractivity contribution in [3.8, 4) is 5.75 Å². The maximum Gasteiger partial charge on any atom is 0.167 e. The number of alkyl halides is 1. The fraction of sp³-hybridized carbons (Fsp3) is 0.571. The van der Waals surface area contributed by atoms with E-state index in [1.165, 1.54) is 0 Å². The van der Waals surface area contributed by atoms with Crippen LogP contribution in [0.2, 0.25) is 0 Å². The number of hydrogen-bond acceptors (Lipinski definition) is 2. The zero-order valence-corrected chi connectivity index (χ0v) is 11.4. The Morgan fingerprint density at radius 1 is 1.44 bits per heavy atom. The van der Waals surface area contributed by atoms with Crippen molar-refractivity contribution in [3.63, 3.8) is 0 Å². The van der Waals surface area contributed by atoms with Gasteiger partial charge in [-0.3, -0.25) is 0 Å². The smallest absolute Gasteiger partial charge is 0.167 e. The highest BCUT2D eigenvalue weighted by Gasteiger charge is 2.43. The molecule has 3 unspecified atom stereocenters. The molecule has 0 N–H and O–H groups in total. The van der Waals surface area contributed by atoms with E-state index in [2.05, 4.69) is 0 Å². The van der Waals surface area contributed by atoms with E-state index in [4.69, 9.17) is 21.1 Å². The van der Waals surface area contributed by atoms with Crippen LogP contribution in [0, 0.1) is 12.7 Å². The quantitative estimate of drug-likeness (QED) is 0.761. The minimum atomic E-state index is -0.301. The number of aryl methyl sites for hydroxylation is 1. The van der Waals surface area contributed by atoms with E-state index in [1.807, 2.05) is 6.92 Å². The molecule has 1 aromatic rings. The number of ether oxygens (including phenoxy) is 2. The largest absolute Gasteiger partial charge is 0.485 e. The Morgan fingerprint density at radius 3 is 2.89 bits per heavy atom. The fourth-order valence-corrected chi connectivity index (χ4v) is 2.39. The SMILES string of the molecule is CCCOC1C(Cl)CC1Oc1cccc(C)c1F. The number of hydrogen-bond donors (Lipinski definition) is 0. The average Bonchev–Trinajstić information content (AvgIpc) is 2.34. The molecule has 0 saturated heterocycles. The molecule has 1 aliphatic rings. The first-order chi connectivity index (χ1) is 8.63. The molecule has 3 atom stereocenters. The second kappa shape index (κ2) is 5.89. The van der Waals surface area contributed by atoms with Crippen LogP contribution in [0.3, 0.4) is 0 Å². The molecular weight excluding hydrogens is 255 g/mol. The van der Waals surface area contributed by atoms with Gasteiger partial charge < -0.3 is 9.47 Å². The third kappa shape index (κ3) is 2.78. The highest BCUT2D eigenvalue weighted by molar-refractivity contribution is 6.21. The van der Waals surface area contributed by atoms with Crippen LogP contribution in [-0.2, 0) is 4.74 Å². The summed E-state index contributed by atoms with van der Waals surface area (Å²) in [6.45, 7) is 4.42. The summed E-state index contributed by atoms with van der Waals surface area (Å²) in [7, 11) is 0. The van der Waals surface area contributed by atoms with Gasteiger partial charge in [-0.2, -0.15) is 0 Å². The first-order valence-corrected chi connectivity index (χ1v) is 6.74. The van der Waals surface area contributed by atoms with Crippen LogP contribution in [0.25, 0.3) is 0 Å². The zero-order chi connectivity index (χ0) is 13.1. The van der Waals surface area contributed by atoms with Crippen LogP contribution in [0.15, 0.2) is 18.2 Å². The molecule has 0 aromatic heterocycles. The van der Waals surface area contributed by atoms with Gasteiger partial charge in [0.2, 0.25) is 0 Å². The Labute approximate surface area is 112 Å².